The van der Waals surface area contributed by atoms with Crippen LogP contribution in [0.2, 0.25) is 0 Å². The summed E-state index contributed by atoms with van der Waals surface area (Å²) in [6, 6.07) is 8.62. The average Bonchev–Trinajstić information content (AvgIpc) is 2.49. The van der Waals surface area contributed by atoms with Crippen LogP contribution in [-0.2, 0) is 20.9 Å². The summed E-state index contributed by atoms with van der Waals surface area (Å²) in [7, 11) is 1.28. The molecule has 1 rings (SSSR count). The molecule has 0 aromatic heterocycles. The molecule has 21 heavy (non-hydrogen) atoms. The minimum absolute atomic E-state index is 0.153. The molecule has 0 saturated heterocycles. The molecule has 1 aromatic carbocycles. The number of rotatable bonds is 6. The highest BCUT2D eigenvalue weighted by Gasteiger charge is 2.27. The number of nitrogens with zero attached hydrogens (tertiary/aromatic N) is 1. The van der Waals surface area contributed by atoms with Crippen molar-refractivity contribution in [2.24, 2.45) is 0 Å². The molecular weight excluding hydrogens is 270 g/mol. The van der Waals surface area contributed by atoms with Crippen LogP contribution in [0.3, 0.4) is 0 Å². The van der Waals surface area contributed by atoms with Crippen molar-refractivity contribution in [3.63, 3.8) is 0 Å². The zero-order valence-electron chi connectivity index (χ0n) is 12.7. The van der Waals surface area contributed by atoms with Gasteiger partial charge in [-0.2, -0.15) is 0 Å². The summed E-state index contributed by atoms with van der Waals surface area (Å²) in [4.78, 5) is 25.1. The molecule has 1 aromatic rings. The SMILES string of the molecule is C=C(C)CN(C(=O)OCc1ccccc1)C(C)C(=O)OC. The first kappa shape index (κ1) is 16.8. The molecule has 1 amide bonds. The highest BCUT2D eigenvalue weighted by molar-refractivity contribution is 5.81. The van der Waals surface area contributed by atoms with Gasteiger partial charge in [-0.3, -0.25) is 4.90 Å². The van der Waals surface area contributed by atoms with Gasteiger partial charge in [0.2, 0.25) is 0 Å². The molecule has 5 heteroatoms. The van der Waals surface area contributed by atoms with Crippen LogP contribution in [0, 0.1) is 0 Å². The summed E-state index contributed by atoms with van der Waals surface area (Å²) < 4.78 is 9.91. The molecule has 0 radical (unpaired) electrons. The predicted molar refractivity (Wildman–Crippen MR) is 79.6 cm³/mol. The second-order valence-corrected chi connectivity index (χ2v) is 4.82. The molecule has 0 saturated carbocycles. The van der Waals surface area contributed by atoms with Crippen molar-refractivity contribution in [3.8, 4) is 0 Å². The van der Waals surface area contributed by atoms with Gasteiger partial charge in [0.25, 0.3) is 0 Å². The number of carbonyl (C=O) groups excluding carboxylic acids is 2. The molecule has 1 atom stereocenters. The second kappa shape index (κ2) is 8.09. The van der Waals surface area contributed by atoms with Crippen LogP contribution in [0.25, 0.3) is 0 Å². The summed E-state index contributed by atoms with van der Waals surface area (Å²) in [5.74, 6) is -0.493. The third-order valence-electron chi connectivity index (χ3n) is 2.89. The van der Waals surface area contributed by atoms with Gasteiger partial charge in [0, 0.05) is 6.54 Å². The maximum Gasteiger partial charge on any atom is 0.411 e. The zero-order chi connectivity index (χ0) is 15.8. The van der Waals surface area contributed by atoms with E-state index in [9.17, 15) is 9.59 Å². The fourth-order valence-corrected chi connectivity index (χ4v) is 1.75. The van der Waals surface area contributed by atoms with Gasteiger partial charge in [0.15, 0.2) is 0 Å². The van der Waals surface area contributed by atoms with Crippen molar-refractivity contribution >= 4 is 12.1 Å². The maximum atomic E-state index is 12.2. The van der Waals surface area contributed by atoms with E-state index >= 15 is 0 Å². The van der Waals surface area contributed by atoms with E-state index in [1.807, 2.05) is 30.3 Å². The molecule has 0 aliphatic carbocycles. The smallest absolute Gasteiger partial charge is 0.411 e. The molecule has 0 N–H and O–H groups in total. The number of methoxy groups -OCH3 is 1. The monoisotopic (exact) mass is 291 g/mol. The molecule has 0 aliphatic rings. The molecule has 1 unspecified atom stereocenters. The van der Waals surface area contributed by atoms with Crippen molar-refractivity contribution in [2.45, 2.75) is 26.5 Å². The van der Waals surface area contributed by atoms with Crippen LogP contribution in [0.15, 0.2) is 42.5 Å². The lowest BCUT2D eigenvalue weighted by atomic mass is 10.2. The highest BCUT2D eigenvalue weighted by Crippen LogP contribution is 2.09. The fraction of sp³-hybridized carbons (Fsp3) is 0.375. The van der Waals surface area contributed by atoms with Gasteiger partial charge >= 0.3 is 12.1 Å². The Morgan fingerprint density at radius 3 is 2.43 bits per heavy atom. The van der Waals surface area contributed by atoms with Gasteiger partial charge in [0.1, 0.15) is 12.6 Å². The average molecular weight is 291 g/mol. The Bertz CT molecular complexity index is 498. The van der Waals surface area contributed by atoms with Crippen LogP contribution >= 0.6 is 0 Å². The van der Waals surface area contributed by atoms with E-state index in [2.05, 4.69) is 11.3 Å². The minimum atomic E-state index is -0.727. The number of hydrogen-bond acceptors (Lipinski definition) is 4. The number of amides is 1. The van der Waals surface area contributed by atoms with Gasteiger partial charge < -0.3 is 9.47 Å². The summed E-state index contributed by atoms with van der Waals surface area (Å²) >= 11 is 0. The Balaban J connectivity index is 2.71. The quantitative estimate of drug-likeness (QED) is 0.597. The Labute approximate surface area is 125 Å². The second-order valence-electron chi connectivity index (χ2n) is 4.82. The molecule has 0 spiro atoms. The first-order chi connectivity index (χ1) is 9.95. The fourth-order valence-electron chi connectivity index (χ4n) is 1.75. The summed E-state index contributed by atoms with van der Waals surface area (Å²) in [5, 5.41) is 0. The number of carbonyl (C=O) groups is 2. The Kier molecular flexibility index (Phi) is 6.46. The number of esters is 1. The number of hydrogen-bond donors (Lipinski definition) is 0. The van der Waals surface area contributed by atoms with E-state index in [1.54, 1.807) is 13.8 Å². The maximum absolute atomic E-state index is 12.2. The number of benzene rings is 1. The van der Waals surface area contributed by atoms with Crippen LogP contribution in [0.5, 0.6) is 0 Å². The van der Waals surface area contributed by atoms with Crippen LogP contribution in [-0.4, -0.2) is 36.7 Å². The summed E-state index contributed by atoms with van der Waals surface area (Å²) in [6.07, 6.45) is -0.570. The molecule has 114 valence electrons. The predicted octanol–water partition coefficient (Wildman–Crippen LogP) is 2.76. The highest BCUT2D eigenvalue weighted by atomic mass is 16.6. The van der Waals surface area contributed by atoms with Crippen molar-refractivity contribution in [2.75, 3.05) is 13.7 Å². The lowest BCUT2D eigenvalue weighted by molar-refractivity contribution is -0.145. The zero-order valence-corrected chi connectivity index (χ0v) is 12.7. The normalized spacial score (nSPS) is 11.4. The van der Waals surface area contributed by atoms with Crippen molar-refractivity contribution in [1.29, 1.82) is 0 Å². The summed E-state index contributed by atoms with van der Waals surface area (Å²) in [6.45, 7) is 7.53. The van der Waals surface area contributed by atoms with Crippen molar-refractivity contribution < 1.29 is 19.1 Å². The lowest BCUT2D eigenvalue weighted by Gasteiger charge is -2.26. The van der Waals surface area contributed by atoms with Gasteiger partial charge in [-0.25, -0.2) is 9.59 Å². The molecule has 0 fully saturated rings. The molecule has 0 heterocycles. The standard InChI is InChI=1S/C16H21NO4/c1-12(2)10-17(13(3)15(18)20-4)16(19)21-11-14-8-6-5-7-9-14/h5-9,13H,1,10-11H2,2-4H3. The van der Waals surface area contributed by atoms with E-state index < -0.39 is 18.1 Å². The topological polar surface area (TPSA) is 55.8 Å². The third kappa shape index (κ3) is 5.30. The van der Waals surface area contributed by atoms with Gasteiger partial charge in [0.05, 0.1) is 7.11 Å². The molecule has 5 nitrogen and oxygen atoms in total. The van der Waals surface area contributed by atoms with E-state index in [0.29, 0.717) is 0 Å². The van der Waals surface area contributed by atoms with E-state index in [-0.39, 0.29) is 13.2 Å². The Hall–Kier alpha value is -2.30. The number of ether oxygens (including phenoxy) is 2. The van der Waals surface area contributed by atoms with Crippen LogP contribution < -0.4 is 0 Å². The Morgan fingerprint density at radius 2 is 1.90 bits per heavy atom. The van der Waals surface area contributed by atoms with E-state index in [1.165, 1.54) is 12.0 Å². The van der Waals surface area contributed by atoms with E-state index in [4.69, 9.17) is 4.74 Å². The lowest BCUT2D eigenvalue weighted by Crippen LogP contribution is -2.44. The third-order valence-corrected chi connectivity index (χ3v) is 2.89. The van der Waals surface area contributed by atoms with Crippen molar-refractivity contribution in [1.82, 2.24) is 4.90 Å². The molecular formula is C16H21NO4. The van der Waals surface area contributed by atoms with Crippen molar-refractivity contribution in [3.05, 3.63) is 48.0 Å². The van der Waals surface area contributed by atoms with Gasteiger partial charge in [-0.15, -0.1) is 0 Å². The van der Waals surface area contributed by atoms with Gasteiger partial charge in [-0.05, 0) is 19.4 Å². The van der Waals surface area contributed by atoms with Gasteiger partial charge in [-0.1, -0.05) is 42.5 Å². The molecule has 0 aliphatic heterocycles. The first-order valence-electron chi connectivity index (χ1n) is 6.65. The largest absolute Gasteiger partial charge is 0.467 e. The van der Waals surface area contributed by atoms with E-state index in [0.717, 1.165) is 11.1 Å². The summed E-state index contributed by atoms with van der Waals surface area (Å²) in [5.41, 5.74) is 1.63. The first-order valence-corrected chi connectivity index (χ1v) is 6.65. The Morgan fingerprint density at radius 1 is 1.29 bits per heavy atom. The van der Waals surface area contributed by atoms with Crippen LogP contribution in [0.4, 0.5) is 4.79 Å². The minimum Gasteiger partial charge on any atom is -0.467 e. The van der Waals surface area contributed by atoms with Crippen LogP contribution in [0.1, 0.15) is 19.4 Å². The molecule has 0 bridgehead atoms.